The van der Waals surface area contributed by atoms with Crippen molar-refractivity contribution in [2.45, 2.75) is 0 Å². The number of hydrogen-bond donors (Lipinski definition) is 0. The van der Waals surface area contributed by atoms with E-state index in [0.717, 1.165) is 0 Å². The van der Waals surface area contributed by atoms with Crippen LogP contribution in [0, 0.1) is 0 Å². The molecule has 104 valence electrons. The van der Waals surface area contributed by atoms with Gasteiger partial charge in [-0.25, -0.2) is 0 Å². The quantitative estimate of drug-likeness (QED) is 0.226. The van der Waals surface area contributed by atoms with Crippen molar-refractivity contribution in [2.24, 2.45) is 0 Å². The average molecular weight is 651 g/mol. The van der Waals surface area contributed by atoms with Crippen molar-refractivity contribution >= 4 is 60.7 Å². The molecule has 0 saturated heterocycles. The molecule has 0 N–H and O–H groups in total. The Morgan fingerprint density at radius 3 is 0.526 bits per heavy atom. The van der Waals surface area contributed by atoms with Gasteiger partial charge < -0.3 is 27.3 Å². The molecule has 0 radical (unpaired) electrons. The molecule has 0 aliphatic heterocycles. The molecule has 19 heavy (non-hydrogen) atoms. The summed E-state index contributed by atoms with van der Waals surface area (Å²) in [4.78, 5) is 0. The van der Waals surface area contributed by atoms with Crippen LogP contribution in [0.15, 0.2) is 0 Å². The Kier molecular flexibility index (Phi) is 53.1. The van der Waals surface area contributed by atoms with E-state index in [1.165, 1.54) is 0 Å². The molecule has 0 rings (SSSR count). The second kappa shape index (κ2) is 22.6. The Hall–Kier alpha value is 6.52. The van der Waals surface area contributed by atoms with E-state index < -0.39 is 27.2 Å². The van der Waals surface area contributed by atoms with E-state index >= 15 is 0 Å². The summed E-state index contributed by atoms with van der Waals surface area (Å²) in [6, 6.07) is 0. The van der Waals surface area contributed by atoms with Crippen LogP contribution in [-0.2, 0) is 83.1 Å². The number of hydrogen-bond acceptors (Lipinski definition) is 12. The fourth-order valence-electron chi connectivity index (χ4n) is 0. The predicted molar refractivity (Wildman–Crippen MR) is 51.2 cm³/mol. The zero-order valence-corrected chi connectivity index (χ0v) is 25.9. The number of rotatable bonds is 0. The van der Waals surface area contributed by atoms with Gasteiger partial charge in [-0.15, -0.1) is 27.2 Å². The summed E-state index contributed by atoms with van der Waals surface area (Å²) in [7, 11) is -13.0. The predicted octanol–water partition coefficient (Wildman–Crippen LogP) is -12.0. The van der Waals surface area contributed by atoms with Crippen molar-refractivity contribution in [1.82, 2.24) is 0 Å². The van der Waals surface area contributed by atoms with Gasteiger partial charge in [0.2, 0.25) is 0 Å². The minimum atomic E-state index is -4.33. The van der Waals surface area contributed by atoms with Crippen molar-refractivity contribution in [2.75, 3.05) is 0 Å². The monoisotopic (exact) mass is 650 g/mol. The smallest absolute Gasteiger partial charge is 0.780 e. The summed E-state index contributed by atoms with van der Waals surface area (Å²) < 4.78 is 80.0. The normalized spacial score (nSPS) is 9.16. The Labute approximate surface area is 269 Å². The van der Waals surface area contributed by atoms with E-state index in [-0.39, 0.29) is 177 Å². The van der Waals surface area contributed by atoms with Gasteiger partial charge in [-0.2, -0.15) is 0 Å². The molecule has 0 bridgehead atoms. The van der Waals surface area contributed by atoms with Gasteiger partial charge in [0, 0.05) is 0 Å². The van der Waals surface area contributed by atoms with Crippen molar-refractivity contribution in [3.8, 4) is 0 Å². The molecule has 0 aromatic carbocycles. The standard InChI is InChI=1S/Au.3K.3H2O3S2/c;;;;3*1-5(2,3)4/h;;;;3*(H2,1,2,3,4)/q+3;3*+1;;;/p-6. The molecule has 0 fully saturated rings. The molecule has 0 atom stereocenters. The van der Waals surface area contributed by atoms with Gasteiger partial charge in [0.05, 0.1) is 0 Å². The third-order valence-electron chi connectivity index (χ3n) is 0. The molecular formula is AuK3O9S6. The molecule has 9 nitrogen and oxygen atoms in total. The van der Waals surface area contributed by atoms with Gasteiger partial charge in [0.15, 0.2) is 0 Å². The second-order valence-electron chi connectivity index (χ2n) is 1.22. The van der Waals surface area contributed by atoms with E-state index in [4.69, 9.17) is 39.9 Å². The Bertz CT molecular complexity index is 353. The largest absolute Gasteiger partial charge is 3.00 e. The third-order valence-corrected chi connectivity index (χ3v) is 0. The van der Waals surface area contributed by atoms with Crippen LogP contribution in [0.4, 0.5) is 0 Å². The molecule has 0 aromatic rings. The molecule has 0 aromatic heterocycles. The molecule has 0 aliphatic rings. The van der Waals surface area contributed by atoms with Crippen molar-refractivity contribution in [1.29, 1.82) is 0 Å². The minimum Gasteiger partial charge on any atom is -0.780 e. The summed E-state index contributed by atoms with van der Waals surface area (Å²) in [5, 5.41) is 0. The summed E-state index contributed by atoms with van der Waals surface area (Å²) in [6.07, 6.45) is 0. The van der Waals surface area contributed by atoms with Gasteiger partial charge in [0.25, 0.3) is 0 Å². The molecule has 0 aliphatic carbocycles. The summed E-state index contributed by atoms with van der Waals surface area (Å²) in [6.45, 7) is 0. The molecule has 0 saturated carbocycles. The maximum atomic E-state index is 8.89. The van der Waals surface area contributed by atoms with Crippen molar-refractivity contribution in [3.63, 3.8) is 0 Å². The molecule has 0 heterocycles. The van der Waals surface area contributed by atoms with Crippen LogP contribution in [0.3, 0.4) is 0 Å². The zero-order valence-electron chi connectivity index (χ0n) is 9.43. The van der Waals surface area contributed by atoms with Crippen LogP contribution in [0.2, 0.25) is 0 Å². The maximum absolute atomic E-state index is 8.89. The van der Waals surface area contributed by atoms with Gasteiger partial charge in [-0.3, -0.25) is 12.6 Å². The second-order valence-corrected chi connectivity index (χ2v) is 7.35. The van der Waals surface area contributed by atoms with Crippen LogP contribution in [0.25, 0.3) is 0 Å². The summed E-state index contributed by atoms with van der Waals surface area (Å²) in [5.41, 5.74) is 0. The van der Waals surface area contributed by atoms with Crippen molar-refractivity contribution in [3.05, 3.63) is 0 Å². The van der Waals surface area contributed by atoms with Gasteiger partial charge in [-0.1, -0.05) is 0 Å². The van der Waals surface area contributed by atoms with Gasteiger partial charge in [-0.05, 0) is 33.6 Å². The first-order chi connectivity index (χ1) is 6.00. The minimum absolute atomic E-state index is 0. The fourth-order valence-corrected chi connectivity index (χ4v) is 0. The van der Waals surface area contributed by atoms with Crippen LogP contribution in [-0.4, -0.2) is 39.9 Å². The Morgan fingerprint density at radius 1 is 0.526 bits per heavy atom. The SMILES string of the molecule is O=S([O-])([O-])=S.O=S([O-])([O-])=S.O=S([O-])([O-])=S.[Au+3].[K+].[K+].[K+]. The first kappa shape index (κ1) is 44.7. The first-order valence-corrected chi connectivity index (χ1v) is 9.00. The van der Waals surface area contributed by atoms with Crippen LogP contribution < -0.4 is 154 Å². The Morgan fingerprint density at radius 2 is 0.526 bits per heavy atom. The van der Waals surface area contributed by atoms with E-state index in [1.54, 1.807) is 0 Å². The van der Waals surface area contributed by atoms with Gasteiger partial charge in [0.1, 0.15) is 0 Å². The van der Waals surface area contributed by atoms with Crippen LogP contribution in [0.5, 0.6) is 0 Å². The van der Waals surface area contributed by atoms with E-state index in [1.807, 2.05) is 0 Å². The van der Waals surface area contributed by atoms with E-state index in [0.29, 0.717) is 0 Å². The maximum Gasteiger partial charge on any atom is 3.00 e. The van der Waals surface area contributed by atoms with Gasteiger partial charge >= 0.3 is 177 Å². The molecule has 0 spiro atoms. The summed E-state index contributed by atoms with van der Waals surface area (Å²) >= 11 is 9.73. The molecule has 19 heteroatoms. The zero-order chi connectivity index (χ0) is 13.5. The average Bonchev–Trinajstić information content (AvgIpc) is 1.41. The summed E-state index contributed by atoms with van der Waals surface area (Å²) in [5.74, 6) is 0. The van der Waals surface area contributed by atoms with E-state index in [9.17, 15) is 0 Å². The first-order valence-electron chi connectivity index (χ1n) is 2.00. The third kappa shape index (κ3) is 293. The van der Waals surface area contributed by atoms with Crippen molar-refractivity contribution < 1.29 is 216 Å². The molecule has 0 unspecified atom stereocenters. The topological polar surface area (TPSA) is 190 Å². The molecular weight excluding hydrogens is 651 g/mol. The van der Waals surface area contributed by atoms with Crippen LogP contribution >= 0.6 is 0 Å². The Balaban J connectivity index is -0.0000000206. The molecule has 0 amide bonds. The fraction of sp³-hybridized carbons (Fsp3) is 0. The van der Waals surface area contributed by atoms with E-state index in [2.05, 4.69) is 33.6 Å². The van der Waals surface area contributed by atoms with Crippen LogP contribution in [0.1, 0.15) is 0 Å².